The van der Waals surface area contributed by atoms with E-state index in [1.165, 1.54) is 0 Å². The number of carbonyl (C=O) groups is 1. The summed E-state index contributed by atoms with van der Waals surface area (Å²) in [5.41, 5.74) is 0.717. The summed E-state index contributed by atoms with van der Waals surface area (Å²) in [6, 6.07) is 0. The number of carbonyl (C=O) groups excluding carboxylic acids is 1. The molecule has 0 bridgehead atoms. The lowest BCUT2D eigenvalue weighted by molar-refractivity contribution is -0.135. The van der Waals surface area contributed by atoms with Gasteiger partial charge in [0.15, 0.2) is 0 Å². The number of hydrogen-bond donors (Lipinski definition) is 0. The summed E-state index contributed by atoms with van der Waals surface area (Å²) in [6.07, 6.45) is 1.63. The first-order chi connectivity index (χ1) is 5.79. The molecule has 3 nitrogen and oxygen atoms in total. The average molecular weight is 233 g/mol. The van der Waals surface area contributed by atoms with E-state index in [1.54, 1.807) is 0 Å². The van der Waals surface area contributed by atoms with Crippen molar-refractivity contribution in [1.29, 1.82) is 0 Å². The Bertz CT molecular complexity index is 247. The number of ether oxygens (including phenoxy) is 2. The summed E-state index contributed by atoms with van der Waals surface area (Å²) in [4.78, 5) is 11.3. The third-order valence-electron chi connectivity index (χ3n) is 2.04. The average Bonchev–Trinajstić information content (AvgIpc) is 2.59. The fourth-order valence-electron chi connectivity index (χ4n) is 1.43. The molecule has 0 radical (unpaired) electrons. The largest absolute Gasteiger partial charge is 0.496 e. The van der Waals surface area contributed by atoms with Crippen LogP contribution in [0.2, 0.25) is 0 Å². The zero-order valence-corrected chi connectivity index (χ0v) is 8.09. The van der Waals surface area contributed by atoms with Crippen molar-refractivity contribution in [3.8, 4) is 0 Å². The zero-order valence-electron chi connectivity index (χ0n) is 6.51. The minimum Gasteiger partial charge on any atom is -0.496 e. The van der Waals surface area contributed by atoms with Crippen molar-refractivity contribution in [3.05, 3.63) is 11.3 Å². The lowest BCUT2D eigenvalue weighted by Gasteiger charge is -2.03. The van der Waals surface area contributed by atoms with Crippen LogP contribution in [0.25, 0.3) is 0 Å². The van der Waals surface area contributed by atoms with Gasteiger partial charge in [-0.3, -0.25) is 0 Å². The van der Waals surface area contributed by atoms with Gasteiger partial charge in [0.1, 0.15) is 5.76 Å². The van der Waals surface area contributed by atoms with E-state index in [2.05, 4.69) is 15.9 Å². The molecule has 0 spiro atoms. The Kier molecular flexibility index (Phi) is 2.09. The summed E-state index contributed by atoms with van der Waals surface area (Å²) < 4.78 is 10.2. The maximum Gasteiger partial charge on any atom is 0.337 e. The minimum atomic E-state index is -0.212. The van der Waals surface area contributed by atoms with Crippen LogP contribution >= 0.6 is 15.9 Å². The molecule has 2 aliphatic heterocycles. The molecule has 2 fully saturated rings. The first-order valence-corrected chi connectivity index (χ1v) is 4.87. The molecular formula is C8H9BrO3. The van der Waals surface area contributed by atoms with Crippen molar-refractivity contribution in [2.45, 2.75) is 17.7 Å². The lowest BCUT2D eigenvalue weighted by Crippen LogP contribution is -2.04. The second kappa shape index (κ2) is 3.09. The summed E-state index contributed by atoms with van der Waals surface area (Å²) in [7, 11) is 0. The quantitative estimate of drug-likeness (QED) is 0.360. The van der Waals surface area contributed by atoms with Crippen LogP contribution in [0, 0.1) is 0 Å². The van der Waals surface area contributed by atoms with Gasteiger partial charge in [-0.1, -0.05) is 15.9 Å². The number of esters is 1. The smallest absolute Gasteiger partial charge is 0.337 e. The Hall–Kier alpha value is -0.510. The fourth-order valence-corrected chi connectivity index (χ4v) is 2.02. The van der Waals surface area contributed by atoms with E-state index in [0.29, 0.717) is 19.6 Å². The Balaban J connectivity index is 2.28. The predicted molar refractivity (Wildman–Crippen MR) is 45.9 cm³/mol. The van der Waals surface area contributed by atoms with Gasteiger partial charge in [-0.25, -0.2) is 4.79 Å². The van der Waals surface area contributed by atoms with Crippen LogP contribution in [0.1, 0.15) is 12.8 Å². The standard InChI is InChI=1S/C8H9BrO3/c9-6-2-4-11-7(6)5-1-3-12-8(5)10/h6H,1-4H2/b7-5+. The highest BCUT2D eigenvalue weighted by molar-refractivity contribution is 9.09. The maximum absolute atomic E-state index is 11.1. The van der Waals surface area contributed by atoms with Gasteiger partial charge in [-0.2, -0.15) is 0 Å². The normalized spacial score (nSPS) is 35.1. The molecule has 0 amide bonds. The Morgan fingerprint density at radius 1 is 1.33 bits per heavy atom. The minimum absolute atomic E-state index is 0.207. The third kappa shape index (κ3) is 1.24. The SMILES string of the molecule is O=C1OCC/C1=C1\OCCC1Br. The summed E-state index contributed by atoms with van der Waals surface area (Å²) in [5.74, 6) is 0.578. The van der Waals surface area contributed by atoms with Crippen LogP contribution < -0.4 is 0 Å². The number of allylic oxidation sites excluding steroid dienone is 1. The molecule has 0 aromatic heterocycles. The van der Waals surface area contributed by atoms with Gasteiger partial charge in [0.2, 0.25) is 0 Å². The number of rotatable bonds is 0. The van der Waals surface area contributed by atoms with Crippen LogP contribution in [0.15, 0.2) is 11.3 Å². The van der Waals surface area contributed by atoms with E-state index in [1.807, 2.05) is 0 Å². The van der Waals surface area contributed by atoms with E-state index in [0.717, 1.165) is 17.8 Å². The fraction of sp³-hybridized carbons (Fsp3) is 0.625. The Labute approximate surface area is 78.8 Å². The molecule has 2 aliphatic rings. The molecule has 0 saturated carbocycles. The van der Waals surface area contributed by atoms with Crippen LogP contribution in [-0.2, 0) is 14.3 Å². The zero-order chi connectivity index (χ0) is 8.55. The van der Waals surface area contributed by atoms with E-state index >= 15 is 0 Å². The van der Waals surface area contributed by atoms with Gasteiger partial charge in [0, 0.05) is 12.8 Å². The summed E-state index contributed by atoms with van der Waals surface area (Å²) in [5, 5.41) is 0. The van der Waals surface area contributed by atoms with Gasteiger partial charge in [0.25, 0.3) is 0 Å². The number of cyclic esters (lactones) is 1. The van der Waals surface area contributed by atoms with Crippen molar-refractivity contribution in [1.82, 2.24) is 0 Å². The van der Waals surface area contributed by atoms with Crippen LogP contribution in [-0.4, -0.2) is 24.0 Å². The van der Waals surface area contributed by atoms with Gasteiger partial charge >= 0.3 is 5.97 Å². The molecule has 0 aromatic carbocycles. The molecule has 4 heteroatoms. The second-order valence-electron chi connectivity index (χ2n) is 2.83. The molecule has 2 saturated heterocycles. The van der Waals surface area contributed by atoms with E-state index in [9.17, 15) is 4.79 Å². The Morgan fingerprint density at radius 2 is 2.17 bits per heavy atom. The van der Waals surface area contributed by atoms with Crippen molar-refractivity contribution < 1.29 is 14.3 Å². The molecule has 0 aliphatic carbocycles. The van der Waals surface area contributed by atoms with Crippen molar-refractivity contribution >= 4 is 21.9 Å². The second-order valence-corrected chi connectivity index (χ2v) is 3.94. The van der Waals surface area contributed by atoms with Gasteiger partial charge in [0.05, 0.1) is 23.6 Å². The predicted octanol–water partition coefficient (Wildman–Crippen LogP) is 1.37. The van der Waals surface area contributed by atoms with Gasteiger partial charge in [-0.15, -0.1) is 0 Å². The highest BCUT2D eigenvalue weighted by Gasteiger charge is 2.30. The first kappa shape index (κ1) is 8.10. The molecule has 12 heavy (non-hydrogen) atoms. The molecule has 66 valence electrons. The van der Waals surface area contributed by atoms with Crippen molar-refractivity contribution in [2.24, 2.45) is 0 Å². The highest BCUT2D eigenvalue weighted by Crippen LogP contribution is 2.31. The monoisotopic (exact) mass is 232 g/mol. The molecule has 0 N–H and O–H groups in total. The van der Waals surface area contributed by atoms with Crippen LogP contribution in [0.4, 0.5) is 0 Å². The molecule has 1 atom stereocenters. The molecule has 0 aromatic rings. The number of halogens is 1. The van der Waals surface area contributed by atoms with Crippen LogP contribution in [0.5, 0.6) is 0 Å². The van der Waals surface area contributed by atoms with Gasteiger partial charge in [-0.05, 0) is 0 Å². The van der Waals surface area contributed by atoms with E-state index < -0.39 is 0 Å². The summed E-state index contributed by atoms with van der Waals surface area (Å²) in [6.45, 7) is 1.20. The van der Waals surface area contributed by atoms with Crippen molar-refractivity contribution in [2.75, 3.05) is 13.2 Å². The maximum atomic E-state index is 11.1. The highest BCUT2D eigenvalue weighted by atomic mass is 79.9. The molecule has 1 unspecified atom stereocenters. The number of hydrogen-bond acceptors (Lipinski definition) is 3. The van der Waals surface area contributed by atoms with Gasteiger partial charge < -0.3 is 9.47 Å². The van der Waals surface area contributed by atoms with Crippen molar-refractivity contribution in [3.63, 3.8) is 0 Å². The van der Waals surface area contributed by atoms with E-state index in [-0.39, 0.29) is 10.8 Å². The molecule has 2 heterocycles. The first-order valence-electron chi connectivity index (χ1n) is 3.96. The van der Waals surface area contributed by atoms with E-state index in [4.69, 9.17) is 9.47 Å². The van der Waals surface area contributed by atoms with Crippen LogP contribution in [0.3, 0.4) is 0 Å². The third-order valence-corrected chi connectivity index (χ3v) is 2.92. The number of alkyl halides is 1. The molecular weight excluding hydrogens is 224 g/mol. The summed E-state index contributed by atoms with van der Waals surface area (Å²) >= 11 is 3.45. The molecule has 2 rings (SSSR count). The Morgan fingerprint density at radius 3 is 2.67 bits per heavy atom. The lowest BCUT2D eigenvalue weighted by atomic mass is 10.1. The topological polar surface area (TPSA) is 35.5 Å².